The standard InChI is InChI=1S/C18H31N3O3S2/c1-5-7-13-21(14-8-6-2)26(23,24)20(3)15-18(22)19-16-11-9-10-12-17(16)25-4/h9-12H,5-8,13-15H2,1-4H3,(H,19,22). The van der Waals surface area contributed by atoms with Gasteiger partial charge in [0.25, 0.3) is 10.2 Å². The van der Waals surface area contributed by atoms with Crippen LogP contribution in [0.5, 0.6) is 0 Å². The Morgan fingerprint density at radius 1 is 1.12 bits per heavy atom. The van der Waals surface area contributed by atoms with E-state index in [2.05, 4.69) is 5.32 Å². The van der Waals surface area contributed by atoms with Crippen LogP contribution < -0.4 is 5.32 Å². The predicted octanol–water partition coefficient (Wildman–Crippen LogP) is 3.43. The molecule has 0 saturated heterocycles. The Morgan fingerprint density at radius 2 is 1.69 bits per heavy atom. The highest BCUT2D eigenvalue weighted by Gasteiger charge is 2.27. The first kappa shape index (κ1) is 23.0. The number of anilines is 1. The minimum Gasteiger partial charge on any atom is -0.324 e. The second-order valence-corrected chi connectivity index (χ2v) is 9.00. The Morgan fingerprint density at radius 3 is 2.23 bits per heavy atom. The van der Waals surface area contributed by atoms with E-state index in [9.17, 15) is 13.2 Å². The molecule has 26 heavy (non-hydrogen) atoms. The van der Waals surface area contributed by atoms with Gasteiger partial charge >= 0.3 is 0 Å². The minimum atomic E-state index is -3.65. The summed E-state index contributed by atoms with van der Waals surface area (Å²) in [7, 11) is -2.19. The van der Waals surface area contributed by atoms with E-state index in [1.807, 2.05) is 44.4 Å². The number of likely N-dealkylation sites (N-methyl/N-ethyl adjacent to an activating group) is 1. The molecule has 0 heterocycles. The zero-order valence-electron chi connectivity index (χ0n) is 16.2. The number of carbonyl (C=O) groups is 1. The Hall–Kier alpha value is -1.09. The molecular weight excluding hydrogens is 370 g/mol. The van der Waals surface area contributed by atoms with E-state index >= 15 is 0 Å². The van der Waals surface area contributed by atoms with Crippen molar-refractivity contribution in [3.63, 3.8) is 0 Å². The minimum absolute atomic E-state index is 0.209. The number of hydrogen-bond acceptors (Lipinski definition) is 4. The third-order valence-electron chi connectivity index (χ3n) is 3.99. The van der Waals surface area contributed by atoms with Gasteiger partial charge in [-0.25, -0.2) is 0 Å². The van der Waals surface area contributed by atoms with Gasteiger partial charge < -0.3 is 5.32 Å². The molecule has 0 fully saturated rings. The highest BCUT2D eigenvalue weighted by atomic mass is 32.2. The number of amides is 1. The van der Waals surface area contributed by atoms with Crippen LogP contribution in [-0.4, -0.2) is 55.9 Å². The third kappa shape index (κ3) is 6.90. The Bertz CT molecular complexity index is 657. The molecule has 8 heteroatoms. The number of carbonyl (C=O) groups excluding carboxylic acids is 1. The van der Waals surface area contributed by atoms with Gasteiger partial charge in [-0.05, 0) is 31.2 Å². The molecule has 0 spiro atoms. The van der Waals surface area contributed by atoms with E-state index in [1.165, 1.54) is 23.1 Å². The monoisotopic (exact) mass is 401 g/mol. The second-order valence-electron chi connectivity index (χ2n) is 6.12. The average molecular weight is 402 g/mol. The lowest BCUT2D eigenvalue weighted by atomic mass is 10.3. The van der Waals surface area contributed by atoms with Crippen LogP contribution in [0.1, 0.15) is 39.5 Å². The summed E-state index contributed by atoms with van der Waals surface area (Å²) in [4.78, 5) is 13.3. The normalized spacial score (nSPS) is 11.9. The smallest absolute Gasteiger partial charge is 0.282 e. The highest BCUT2D eigenvalue weighted by Crippen LogP contribution is 2.24. The van der Waals surface area contributed by atoms with Crippen molar-refractivity contribution in [2.24, 2.45) is 0 Å². The molecule has 0 bridgehead atoms. The fraction of sp³-hybridized carbons (Fsp3) is 0.611. The van der Waals surface area contributed by atoms with Crippen molar-refractivity contribution >= 4 is 33.6 Å². The second kappa shape index (κ2) is 11.6. The Labute approximate surface area is 162 Å². The molecule has 148 valence electrons. The van der Waals surface area contributed by atoms with E-state index in [0.29, 0.717) is 18.8 Å². The van der Waals surface area contributed by atoms with E-state index in [1.54, 1.807) is 0 Å². The number of hydrogen-bond donors (Lipinski definition) is 1. The van der Waals surface area contributed by atoms with Crippen LogP contribution in [0.3, 0.4) is 0 Å². The summed E-state index contributed by atoms with van der Waals surface area (Å²) in [6.45, 7) is 4.83. The number of benzene rings is 1. The largest absolute Gasteiger partial charge is 0.324 e. The first-order valence-corrected chi connectivity index (χ1v) is 11.6. The topological polar surface area (TPSA) is 69.7 Å². The fourth-order valence-electron chi connectivity index (χ4n) is 2.43. The third-order valence-corrected chi connectivity index (χ3v) is 6.72. The molecule has 0 aromatic heterocycles. The van der Waals surface area contributed by atoms with Crippen molar-refractivity contribution in [3.8, 4) is 0 Å². The van der Waals surface area contributed by atoms with E-state index < -0.39 is 10.2 Å². The lowest BCUT2D eigenvalue weighted by molar-refractivity contribution is -0.116. The van der Waals surface area contributed by atoms with Crippen LogP contribution in [-0.2, 0) is 15.0 Å². The van der Waals surface area contributed by atoms with Crippen LogP contribution in [0.15, 0.2) is 29.2 Å². The van der Waals surface area contributed by atoms with Gasteiger partial charge in [-0.3, -0.25) is 4.79 Å². The molecule has 0 atom stereocenters. The molecule has 1 amide bonds. The molecule has 0 aliphatic carbocycles. The SMILES string of the molecule is CCCCN(CCCC)S(=O)(=O)N(C)CC(=O)Nc1ccccc1SC. The first-order valence-electron chi connectivity index (χ1n) is 9.01. The Kier molecular flexibility index (Phi) is 10.2. The summed E-state index contributed by atoms with van der Waals surface area (Å²) in [5, 5.41) is 2.81. The maximum absolute atomic E-state index is 12.8. The molecule has 6 nitrogen and oxygen atoms in total. The molecule has 1 aromatic carbocycles. The molecule has 0 saturated carbocycles. The van der Waals surface area contributed by atoms with E-state index in [0.717, 1.165) is 34.9 Å². The molecule has 0 unspecified atom stereocenters. The summed E-state index contributed by atoms with van der Waals surface area (Å²) >= 11 is 1.53. The maximum atomic E-state index is 12.8. The first-order chi connectivity index (χ1) is 12.4. The average Bonchev–Trinajstić information content (AvgIpc) is 2.61. The molecule has 1 aromatic rings. The van der Waals surface area contributed by atoms with Crippen LogP contribution >= 0.6 is 11.8 Å². The van der Waals surface area contributed by atoms with Crippen molar-refractivity contribution < 1.29 is 13.2 Å². The van der Waals surface area contributed by atoms with Crippen molar-refractivity contribution in [1.82, 2.24) is 8.61 Å². The quantitative estimate of drug-likeness (QED) is 0.545. The zero-order valence-corrected chi connectivity index (χ0v) is 17.8. The maximum Gasteiger partial charge on any atom is 0.282 e. The number of nitrogens with one attached hydrogen (secondary N) is 1. The fourth-order valence-corrected chi connectivity index (χ4v) is 4.38. The van der Waals surface area contributed by atoms with Crippen molar-refractivity contribution in [2.75, 3.05) is 38.3 Å². The summed E-state index contributed by atoms with van der Waals surface area (Å²) in [6, 6.07) is 7.47. The van der Waals surface area contributed by atoms with Gasteiger partial charge in [0.1, 0.15) is 0 Å². The van der Waals surface area contributed by atoms with Crippen LogP contribution in [0.4, 0.5) is 5.69 Å². The summed E-state index contributed by atoms with van der Waals surface area (Å²) in [5.41, 5.74) is 0.699. The number of thioether (sulfide) groups is 1. The lowest BCUT2D eigenvalue weighted by Gasteiger charge is -2.27. The summed E-state index contributed by atoms with van der Waals surface area (Å²) < 4.78 is 28.3. The molecular formula is C18H31N3O3S2. The van der Waals surface area contributed by atoms with Crippen molar-refractivity contribution in [2.45, 2.75) is 44.4 Å². The van der Waals surface area contributed by atoms with E-state index in [-0.39, 0.29) is 12.5 Å². The molecule has 0 aliphatic heterocycles. The zero-order chi connectivity index (χ0) is 19.6. The molecule has 1 rings (SSSR count). The van der Waals surface area contributed by atoms with Gasteiger partial charge in [0.15, 0.2) is 0 Å². The van der Waals surface area contributed by atoms with Gasteiger partial charge in [0.05, 0.1) is 12.2 Å². The molecule has 0 radical (unpaired) electrons. The predicted molar refractivity (Wildman–Crippen MR) is 110 cm³/mol. The van der Waals surface area contributed by atoms with Gasteiger partial charge in [0.2, 0.25) is 5.91 Å². The summed E-state index contributed by atoms with van der Waals surface area (Å²) in [5.74, 6) is -0.344. The van der Waals surface area contributed by atoms with Crippen LogP contribution in [0.2, 0.25) is 0 Å². The van der Waals surface area contributed by atoms with Gasteiger partial charge in [0, 0.05) is 25.0 Å². The summed E-state index contributed by atoms with van der Waals surface area (Å²) in [6.07, 6.45) is 5.40. The van der Waals surface area contributed by atoms with Gasteiger partial charge in [-0.15, -0.1) is 11.8 Å². The van der Waals surface area contributed by atoms with Crippen molar-refractivity contribution in [3.05, 3.63) is 24.3 Å². The molecule has 0 aliphatic rings. The number of rotatable bonds is 12. The van der Waals surface area contributed by atoms with Crippen molar-refractivity contribution in [1.29, 1.82) is 0 Å². The highest BCUT2D eigenvalue weighted by molar-refractivity contribution is 7.98. The Balaban J connectivity index is 2.78. The van der Waals surface area contributed by atoms with Gasteiger partial charge in [-0.2, -0.15) is 17.0 Å². The number of nitrogens with zero attached hydrogens (tertiary/aromatic N) is 2. The van der Waals surface area contributed by atoms with E-state index in [4.69, 9.17) is 0 Å². The number of unbranched alkanes of at least 4 members (excludes halogenated alkanes) is 2. The van der Waals surface area contributed by atoms with Crippen LogP contribution in [0.25, 0.3) is 0 Å². The van der Waals surface area contributed by atoms with Crippen LogP contribution in [0, 0.1) is 0 Å². The van der Waals surface area contributed by atoms with Gasteiger partial charge in [-0.1, -0.05) is 38.8 Å². The number of para-hydroxylation sites is 1. The molecule has 1 N–H and O–H groups in total. The lowest BCUT2D eigenvalue weighted by Crippen LogP contribution is -2.45.